The highest BCUT2D eigenvalue weighted by atomic mass is 79.9. The topological polar surface area (TPSA) is 80.3 Å². The highest BCUT2D eigenvalue weighted by Crippen LogP contribution is 2.20. The zero-order valence-corrected chi connectivity index (χ0v) is 13.0. The molecule has 0 amide bonds. The Hall–Kier alpha value is -0.440. The van der Waals surface area contributed by atoms with Crippen LogP contribution in [0.15, 0.2) is 33.6 Å². The zero-order chi connectivity index (χ0) is 13.8. The SMILES string of the molecule is CCS(=O)(=O)CCNS(=O)(=O)c1ccccc1Br. The van der Waals surface area contributed by atoms with E-state index in [1.54, 1.807) is 18.2 Å². The Morgan fingerprint density at radius 1 is 1.17 bits per heavy atom. The Kier molecular flexibility index (Phi) is 5.32. The number of hydrogen-bond donors (Lipinski definition) is 1. The number of sulfone groups is 1. The first-order valence-electron chi connectivity index (χ1n) is 5.23. The minimum Gasteiger partial charge on any atom is -0.229 e. The number of nitrogens with one attached hydrogen (secondary N) is 1. The summed E-state index contributed by atoms with van der Waals surface area (Å²) < 4.78 is 49.0. The van der Waals surface area contributed by atoms with Crippen LogP contribution in [-0.4, -0.2) is 34.9 Å². The van der Waals surface area contributed by atoms with Crippen LogP contribution < -0.4 is 4.72 Å². The summed E-state index contributed by atoms with van der Waals surface area (Å²) in [7, 11) is -6.86. The fourth-order valence-electron chi connectivity index (χ4n) is 1.22. The highest BCUT2D eigenvalue weighted by molar-refractivity contribution is 9.10. The van der Waals surface area contributed by atoms with Gasteiger partial charge in [-0.05, 0) is 28.1 Å². The molecule has 0 fully saturated rings. The molecule has 0 spiro atoms. The van der Waals surface area contributed by atoms with Crippen molar-refractivity contribution in [3.05, 3.63) is 28.7 Å². The molecule has 1 aromatic carbocycles. The minimum atomic E-state index is -3.68. The predicted molar refractivity (Wildman–Crippen MR) is 73.7 cm³/mol. The van der Waals surface area contributed by atoms with Crippen molar-refractivity contribution in [3.8, 4) is 0 Å². The van der Waals surface area contributed by atoms with E-state index in [1.807, 2.05) is 0 Å². The summed E-state index contributed by atoms with van der Waals surface area (Å²) >= 11 is 3.14. The van der Waals surface area contributed by atoms with Crippen molar-refractivity contribution in [2.75, 3.05) is 18.1 Å². The summed E-state index contributed by atoms with van der Waals surface area (Å²) in [5, 5.41) is 0. The second-order valence-corrected chi connectivity index (χ2v) is 8.63. The van der Waals surface area contributed by atoms with Gasteiger partial charge in [0.05, 0.1) is 10.6 Å². The molecule has 102 valence electrons. The van der Waals surface area contributed by atoms with E-state index in [-0.39, 0.29) is 22.9 Å². The number of rotatable bonds is 6. The summed E-state index contributed by atoms with van der Waals surface area (Å²) in [6.07, 6.45) is 0. The fraction of sp³-hybridized carbons (Fsp3) is 0.400. The van der Waals surface area contributed by atoms with Gasteiger partial charge in [0.25, 0.3) is 0 Å². The molecule has 8 heteroatoms. The van der Waals surface area contributed by atoms with Crippen LogP contribution in [0.5, 0.6) is 0 Å². The Morgan fingerprint density at radius 2 is 1.78 bits per heavy atom. The van der Waals surface area contributed by atoms with Crippen LogP contribution in [0.4, 0.5) is 0 Å². The molecule has 0 aromatic heterocycles. The number of halogens is 1. The third-order valence-electron chi connectivity index (χ3n) is 2.27. The first-order valence-corrected chi connectivity index (χ1v) is 9.33. The third kappa shape index (κ3) is 4.34. The van der Waals surface area contributed by atoms with E-state index >= 15 is 0 Å². The second kappa shape index (κ2) is 6.14. The van der Waals surface area contributed by atoms with Gasteiger partial charge < -0.3 is 0 Å². The first-order chi connectivity index (χ1) is 8.28. The van der Waals surface area contributed by atoms with Crippen molar-refractivity contribution in [1.82, 2.24) is 4.72 Å². The molecule has 18 heavy (non-hydrogen) atoms. The average Bonchev–Trinajstić information content (AvgIpc) is 2.29. The van der Waals surface area contributed by atoms with Gasteiger partial charge in [0.15, 0.2) is 9.84 Å². The van der Waals surface area contributed by atoms with Gasteiger partial charge in [-0.2, -0.15) is 0 Å². The zero-order valence-electron chi connectivity index (χ0n) is 9.76. The van der Waals surface area contributed by atoms with E-state index < -0.39 is 19.9 Å². The lowest BCUT2D eigenvalue weighted by molar-refractivity contribution is 0.581. The highest BCUT2D eigenvalue weighted by Gasteiger charge is 2.17. The van der Waals surface area contributed by atoms with E-state index in [0.29, 0.717) is 4.47 Å². The van der Waals surface area contributed by atoms with Crippen molar-refractivity contribution in [1.29, 1.82) is 0 Å². The van der Waals surface area contributed by atoms with Gasteiger partial charge in [0.1, 0.15) is 0 Å². The maximum Gasteiger partial charge on any atom is 0.241 e. The van der Waals surface area contributed by atoms with Crippen molar-refractivity contribution >= 4 is 35.8 Å². The Morgan fingerprint density at radius 3 is 2.33 bits per heavy atom. The number of sulfonamides is 1. The molecule has 0 atom stereocenters. The quantitative estimate of drug-likeness (QED) is 0.830. The minimum absolute atomic E-state index is 0.00373. The van der Waals surface area contributed by atoms with Gasteiger partial charge >= 0.3 is 0 Å². The standard InChI is InChI=1S/C10H14BrNO4S2/c1-2-17(13,14)8-7-12-18(15,16)10-6-4-3-5-9(10)11/h3-6,12H,2,7-8H2,1H3. The van der Waals surface area contributed by atoms with Crippen molar-refractivity contribution in [2.24, 2.45) is 0 Å². The normalized spacial score (nSPS) is 12.6. The summed E-state index contributed by atoms with van der Waals surface area (Å²) in [5.74, 6) is -0.197. The third-order valence-corrected chi connectivity index (χ3v) is 6.45. The second-order valence-electron chi connectivity index (χ2n) is 3.56. The van der Waals surface area contributed by atoms with Crippen LogP contribution in [-0.2, 0) is 19.9 Å². The van der Waals surface area contributed by atoms with Gasteiger partial charge in [-0.15, -0.1) is 0 Å². The molecule has 0 aliphatic heterocycles. The van der Waals surface area contributed by atoms with Gasteiger partial charge in [-0.25, -0.2) is 21.6 Å². The maximum absolute atomic E-state index is 11.9. The molecule has 0 heterocycles. The van der Waals surface area contributed by atoms with Gasteiger partial charge in [0.2, 0.25) is 10.0 Å². The smallest absolute Gasteiger partial charge is 0.229 e. The maximum atomic E-state index is 11.9. The molecule has 5 nitrogen and oxygen atoms in total. The summed E-state index contributed by atoms with van der Waals surface area (Å²) in [6, 6.07) is 6.35. The molecule has 1 aromatic rings. The van der Waals surface area contributed by atoms with Gasteiger partial charge in [0, 0.05) is 16.8 Å². The van der Waals surface area contributed by atoms with Crippen LogP contribution in [0.1, 0.15) is 6.92 Å². The molecule has 0 saturated carbocycles. The summed E-state index contributed by atoms with van der Waals surface area (Å²) in [5.41, 5.74) is 0. The number of hydrogen-bond acceptors (Lipinski definition) is 4. The molecule has 1 N–H and O–H groups in total. The largest absolute Gasteiger partial charge is 0.241 e. The lowest BCUT2D eigenvalue weighted by Gasteiger charge is -2.08. The van der Waals surface area contributed by atoms with Crippen LogP contribution in [0.2, 0.25) is 0 Å². The Bertz CT molecular complexity index is 611. The summed E-state index contributed by atoms with van der Waals surface area (Å²) in [6.45, 7) is 1.40. The van der Waals surface area contributed by atoms with E-state index in [2.05, 4.69) is 20.7 Å². The van der Waals surface area contributed by atoms with Gasteiger partial charge in [-0.3, -0.25) is 0 Å². The Labute approximate surface area is 116 Å². The van der Waals surface area contributed by atoms with Crippen molar-refractivity contribution < 1.29 is 16.8 Å². The van der Waals surface area contributed by atoms with Gasteiger partial charge in [-0.1, -0.05) is 19.1 Å². The van der Waals surface area contributed by atoms with Crippen molar-refractivity contribution in [2.45, 2.75) is 11.8 Å². The van der Waals surface area contributed by atoms with E-state index in [4.69, 9.17) is 0 Å². The Balaban J connectivity index is 2.76. The lowest BCUT2D eigenvalue weighted by Crippen LogP contribution is -2.29. The van der Waals surface area contributed by atoms with E-state index in [0.717, 1.165) is 0 Å². The molecule has 1 rings (SSSR count). The number of benzene rings is 1. The predicted octanol–water partition coefficient (Wildman–Crippen LogP) is 1.16. The fourth-order valence-corrected chi connectivity index (χ4v) is 4.08. The average molecular weight is 356 g/mol. The monoisotopic (exact) mass is 355 g/mol. The first kappa shape index (κ1) is 15.6. The van der Waals surface area contributed by atoms with Crippen LogP contribution in [0, 0.1) is 0 Å². The van der Waals surface area contributed by atoms with Crippen LogP contribution >= 0.6 is 15.9 Å². The molecule has 0 bridgehead atoms. The lowest BCUT2D eigenvalue weighted by atomic mass is 10.4. The van der Waals surface area contributed by atoms with Crippen LogP contribution in [0.3, 0.4) is 0 Å². The molecular weight excluding hydrogens is 342 g/mol. The molecule has 0 unspecified atom stereocenters. The molecule has 0 saturated heterocycles. The molecule has 0 aliphatic rings. The molecule has 0 aliphatic carbocycles. The molecular formula is C10H14BrNO4S2. The molecule has 0 radical (unpaired) electrons. The van der Waals surface area contributed by atoms with Crippen LogP contribution in [0.25, 0.3) is 0 Å². The van der Waals surface area contributed by atoms with Crippen molar-refractivity contribution in [3.63, 3.8) is 0 Å². The summed E-state index contributed by atoms with van der Waals surface area (Å²) in [4.78, 5) is 0.0962. The van der Waals surface area contributed by atoms with E-state index in [1.165, 1.54) is 13.0 Å². The van der Waals surface area contributed by atoms with E-state index in [9.17, 15) is 16.8 Å².